The minimum Gasteiger partial charge on any atom is -0.319 e. The molecule has 2 rings (SSSR count). The third-order valence-electron chi connectivity index (χ3n) is 3.80. The van der Waals surface area contributed by atoms with E-state index < -0.39 is 0 Å². The van der Waals surface area contributed by atoms with Crippen LogP contribution in [-0.4, -0.2) is 9.78 Å². The fourth-order valence-electron chi connectivity index (χ4n) is 2.72. The lowest BCUT2D eigenvalue weighted by Crippen LogP contribution is -2.17. The van der Waals surface area contributed by atoms with Gasteiger partial charge in [-0.1, -0.05) is 45.0 Å². The second-order valence-electron chi connectivity index (χ2n) is 6.05. The summed E-state index contributed by atoms with van der Waals surface area (Å²) in [5.41, 5.74) is 11.2. The van der Waals surface area contributed by atoms with Crippen LogP contribution in [0, 0.1) is 5.92 Å². The molecule has 2 aromatic rings. The van der Waals surface area contributed by atoms with E-state index in [0.717, 1.165) is 30.8 Å². The van der Waals surface area contributed by atoms with Crippen molar-refractivity contribution in [3.8, 4) is 0 Å². The van der Waals surface area contributed by atoms with Crippen LogP contribution < -0.4 is 5.73 Å². The Kier molecular flexibility index (Phi) is 5.18. The van der Waals surface area contributed by atoms with Gasteiger partial charge in [0.2, 0.25) is 0 Å². The number of nitrogens with zero attached hydrogens (tertiary/aromatic N) is 2. The molecule has 1 unspecified atom stereocenters. The molecule has 3 heteroatoms. The number of aromatic nitrogens is 2. The number of aryl methyl sites for hydroxylation is 2. The lowest BCUT2D eigenvalue weighted by Gasteiger charge is -2.15. The third kappa shape index (κ3) is 3.73. The van der Waals surface area contributed by atoms with E-state index in [4.69, 9.17) is 5.73 Å². The molecule has 0 bridgehead atoms. The Morgan fingerprint density at radius 1 is 1.19 bits per heavy atom. The second kappa shape index (κ2) is 6.90. The summed E-state index contributed by atoms with van der Waals surface area (Å²) in [5, 5.41) is 4.60. The maximum Gasteiger partial charge on any atom is 0.0723 e. The topological polar surface area (TPSA) is 43.8 Å². The highest BCUT2D eigenvalue weighted by Gasteiger charge is 2.16. The van der Waals surface area contributed by atoms with Crippen molar-refractivity contribution in [1.82, 2.24) is 9.78 Å². The van der Waals surface area contributed by atoms with Crippen LogP contribution in [0.15, 0.2) is 30.3 Å². The summed E-state index contributed by atoms with van der Waals surface area (Å²) in [6, 6.07) is 10.7. The van der Waals surface area contributed by atoms with E-state index >= 15 is 0 Å². The van der Waals surface area contributed by atoms with Gasteiger partial charge < -0.3 is 5.73 Å². The van der Waals surface area contributed by atoms with Gasteiger partial charge in [-0.2, -0.15) is 5.10 Å². The highest BCUT2D eigenvalue weighted by atomic mass is 15.3. The van der Waals surface area contributed by atoms with Crippen LogP contribution in [0.2, 0.25) is 0 Å². The van der Waals surface area contributed by atoms with Crippen LogP contribution in [0.5, 0.6) is 0 Å². The number of hydrogen-bond donors (Lipinski definition) is 1. The second-order valence-corrected chi connectivity index (χ2v) is 6.05. The lowest BCUT2D eigenvalue weighted by atomic mass is 9.97. The average Bonchev–Trinajstić information content (AvgIpc) is 2.89. The molecule has 0 amide bonds. The van der Waals surface area contributed by atoms with E-state index in [1.807, 2.05) is 4.68 Å². The first kappa shape index (κ1) is 15.8. The summed E-state index contributed by atoms with van der Waals surface area (Å²) in [7, 11) is 0. The number of hydrogen-bond acceptors (Lipinski definition) is 2. The van der Waals surface area contributed by atoms with Crippen molar-refractivity contribution >= 4 is 0 Å². The van der Waals surface area contributed by atoms with Gasteiger partial charge in [0.15, 0.2) is 0 Å². The van der Waals surface area contributed by atoms with Crippen LogP contribution in [-0.2, 0) is 19.4 Å². The minimum absolute atomic E-state index is 0.107. The summed E-state index contributed by atoms with van der Waals surface area (Å²) in [4.78, 5) is 0. The maximum absolute atomic E-state index is 6.50. The van der Waals surface area contributed by atoms with Gasteiger partial charge in [-0.15, -0.1) is 0 Å². The molecule has 1 atom stereocenters. The van der Waals surface area contributed by atoms with E-state index in [-0.39, 0.29) is 6.04 Å². The molecule has 1 aromatic heterocycles. The van der Waals surface area contributed by atoms with Gasteiger partial charge in [-0.25, -0.2) is 0 Å². The van der Waals surface area contributed by atoms with Gasteiger partial charge in [-0.05, 0) is 42.9 Å². The Balaban J connectivity index is 2.31. The van der Waals surface area contributed by atoms with Crippen LogP contribution in [0.1, 0.15) is 56.3 Å². The zero-order chi connectivity index (χ0) is 15.4. The fraction of sp³-hybridized carbons (Fsp3) is 0.500. The smallest absolute Gasteiger partial charge is 0.0723 e. The Morgan fingerprint density at radius 3 is 2.57 bits per heavy atom. The largest absolute Gasteiger partial charge is 0.319 e. The van der Waals surface area contributed by atoms with Gasteiger partial charge >= 0.3 is 0 Å². The van der Waals surface area contributed by atoms with E-state index in [9.17, 15) is 0 Å². The number of rotatable bonds is 6. The van der Waals surface area contributed by atoms with Gasteiger partial charge in [0.1, 0.15) is 0 Å². The SMILES string of the molecule is CCc1cc(C(N)c2cccc(CC(C)C)c2)n(CC)n1. The summed E-state index contributed by atoms with van der Waals surface area (Å²) < 4.78 is 2.03. The molecule has 3 nitrogen and oxygen atoms in total. The van der Waals surface area contributed by atoms with Gasteiger partial charge in [0.25, 0.3) is 0 Å². The molecular formula is C18H27N3. The molecule has 0 saturated heterocycles. The molecule has 0 spiro atoms. The third-order valence-corrected chi connectivity index (χ3v) is 3.80. The van der Waals surface area contributed by atoms with Crippen LogP contribution in [0.3, 0.4) is 0 Å². The van der Waals surface area contributed by atoms with E-state index in [0.29, 0.717) is 5.92 Å². The first-order chi connectivity index (χ1) is 10.0. The van der Waals surface area contributed by atoms with Gasteiger partial charge in [-0.3, -0.25) is 4.68 Å². The first-order valence-electron chi connectivity index (χ1n) is 7.96. The predicted molar refractivity (Wildman–Crippen MR) is 88.3 cm³/mol. The Morgan fingerprint density at radius 2 is 1.95 bits per heavy atom. The van der Waals surface area contributed by atoms with Crippen molar-refractivity contribution in [3.05, 3.63) is 52.8 Å². The molecule has 0 fully saturated rings. The quantitative estimate of drug-likeness (QED) is 0.879. The summed E-state index contributed by atoms with van der Waals surface area (Å²) in [6.45, 7) is 9.58. The Hall–Kier alpha value is -1.61. The molecule has 1 heterocycles. The Bertz CT molecular complexity index is 584. The first-order valence-corrected chi connectivity index (χ1v) is 7.96. The van der Waals surface area contributed by atoms with Crippen molar-refractivity contribution in [3.63, 3.8) is 0 Å². The van der Waals surface area contributed by atoms with E-state index in [2.05, 4.69) is 63.1 Å². The monoisotopic (exact) mass is 285 g/mol. The molecular weight excluding hydrogens is 258 g/mol. The molecule has 0 radical (unpaired) electrons. The zero-order valence-electron chi connectivity index (χ0n) is 13.6. The van der Waals surface area contributed by atoms with Gasteiger partial charge in [0.05, 0.1) is 17.4 Å². The van der Waals surface area contributed by atoms with Crippen molar-refractivity contribution in [2.45, 2.75) is 53.1 Å². The van der Waals surface area contributed by atoms with Crippen molar-refractivity contribution < 1.29 is 0 Å². The molecule has 0 aliphatic rings. The van der Waals surface area contributed by atoms with Crippen LogP contribution in [0.4, 0.5) is 0 Å². The van der Waals surface area contributed by atoms with Crippen LogP contribution in [0.25, 0.3) is 0 Å². The molecule has 2 N–H and O–H groups in total. The highest BCUT2D eigenvalue weighted by molar-refractivity contribution is 5.32. The molecule has 0 saturated carbocycles. The number of nitrogens with two attached hydrogens (primary N) is 1. The van der Waals surface area contributed by atoms with Crippen molar-refractivity contribution in [2.75, 3.05) is 0 Å². The summed E-state index contributed by atoms with van der Waals surface area (Å²) >= 11 is 0. The predicted octanol–water partition coefficient (Wildman–Crippen LogP) is 3.71. The van der Waals surface area contributed by atoms with E-state index in [1.54, 1.807) is 0 Å². The Labute approximate surface area is 128 Å². The maximum atomic E-state index is 6.50. The average molecular weight is 285 g/mol. The summed E-state index contributed by atoms with van der Waals surface area (Å²) in [5.74, 6) is 0.657. The zero-order valence-corrected chi connectivity index (χ0v) is 13.6. The normalized spacial score (nSPS) is 12.9. The minimum atomic E-state index is -0.107. The molecule has 0 aliphatic carbocycles. The van der Waals surface area contributed by atoms with Crippen molar-refractivity contribution in [1.29, 1.82) is 0 Å². The lowest BCUT2D eigenvalue weighted by molar-refractivity contribution is 0.594. The molecule has 1 aromatic carbocycles. The molecule has 0 aliphatic heterocycles. The molecule has 114 valence electrons. The summed E-state index contributed by atoms with van der Waals surface area (Å²) in [6.07, 6.45) is 2.04. The standard InChI is InChI=1S/C18H27N3/c1-5-16-12-17(21(6-2)20-16)18(19)15-9-7-8-14(11-15)10-13(3)4/h7-9,11-13,18H,5-6,10,19H2,1-4H3. The van der Waals surface area contributed by atoms with Gasteiger partial charge in [0, 0.05) is 6.54 Å². The number of benzene rings is 1. The highest BCUT2D eigenvalue weighted by Crippen LogP contribution is 2.22. The van der Waals surface area contributed by atoms with Crippen molar-refractivity contribution in [2.24, 2.45) is 11.7 Å². The van der Waals surface area contributed by atoms with Crippen LogP contribution >= 0.6 is 0 Å². The van der Waals surface area contributed by atoms with E-state index in [1.165, 1.54) is 11.1 Å². The molecule has 21 heavy (non-hydrogen) atoms. The fourth-order valence-corrected chi connectivity index (χ4v) is 2.72.